The smallest absolute Gasteiger partial charge is 0.0680 e. The zero-order chi connectivity index (χ0) is 7.28. The molecule has 3 N–H and O–H groups in total. The van der Waals surface area contributed by atoms with Crippen LogP contribution in [0.25, 0.3) is 0 Å². The highest BCUT2D eigenvalue weighted by Gasteiger charge is 2.02. The van der Waals surface area contributed by atoms with E-state index in [4.69, 9.17) is 10.9 Å². The molecule has 0 aromatic heterocycles. The van der Waals surface area contributed by atoms with E-state index in [1.807, 2.05) is 6.92 Å². The van der Waals surface area contributed by atoms with Gasteiger partial charge in [-0.3, -0.25) is 5.84 Å². The molecule has 9 heavy (non-hydrogen) atoms. The van der Waals surface area contributed by atoms with Crippen molar-refractivity contribution in [1.82, 2.24) is 5.01 Å². The Labute approximate surface area is 56.4 Å². The van der Waals surface area contributed by atoms with E-state index in [-0.39, 0.29) is 6.10 Å². The predicted molar refractivity (Wildman–Crippen MR) is 37.7 cm³/mol. The lowest BCUT2D eigenvalue weighted by Gasteiger charge is -2.13. The summed E-state index contributed by atoms with van der Waals surface area (Å²) in [5, 5.41) is 10.6. The molecule has 1 atom stereocenters. The molecule has 0 rings (SSSR count). The summed E-state index contributed by atoms with van der Waals surface area (Å²) in [6.45, 7) is 2.60. The Morgan fingerprint density at radius 2 is 2.22 bits per heavy atom. The third-order valence-corrected chi connectivity index (χ3v) is 1.12. The lowest BCUT2D eigenvalue weighted by atomic mass is 10.2. The van der Waals surface area contributed by atoms with E-state index in [1.165, 1.54) is 5.01 Å². The molecule has 0 heterocycles. The van der Waals surface area contributed by atoms with Crippen molar-refractivity contribution in [2.45, 2.75) is 25.9 Å². The Kier molecular flexibility index (Phi) is 4.67. The molecular weight excluding hydrogens is 116 g/mol. The summed E-state index contributed by atoms with van der Waals surface area (Å²) in [5.74, 6) is 5.30. The van der Waals surface area contributed by atoms with Crippen molar-refractivity contribution in [3.63, 3.8) is 0 Å². The van der Waals surface area contributed by atoms with E-state index in [0.29, 0.717) is 6.54 Å². The normalized spacial score (nSPS) is 14.3. The second-order valence-electron chi connectivity index (χ2n) is 2.38. The number of hydrogen-bond donors (Lipinski definition) is 2. The first-order valence-electron chi connectivity index (χ1n) is 3.30. The highest BCUT2D eigenvalue weighted by Crippen LogP contribution is 1.94. The molecule has 3 heteroatoms. The lowest BCUT2D eigenvalue weighted by molar-refractivity contribution is 0.118. The van der Waals surface area contributed by atoms with Gasteiger partial charge in [0.2, 0.25) is 0 Å². The Morgan fingerprint density at radius 3 is 2.56 bits per heavy atom. The Hall–Kier alpha value is -0.120. The minimum atomic E-state index is -0.259. The summed E-state index contributed by atoms with van der Waals surface area (Å²) < 4.78 is 0. The molecule has 1 unspecified atom stereocenters. The van der Waals surface area contributed by atoms with Gasteiger partial charge in [-0.15, -0.1) is 0 Å². The average molecular weight is 132 g/mol. The van der Waals surface area contributed by atoms with E-state index in [9.17, 15) is 0 Å². The molecule has 0 spiro atoms. The zero-order valence-electron chi connectivity index (χ0n) is 6.17. The molecule has 3 nitrogen and oxygen atoms in total. The van der Waals surface area contributed by atoms with Crippen molar-refractivity contribution in [2.75, 3.05) is 13.6 Å². The maximum Gasteiger partial charge on any atom is 0.0680 e. The Morgan fingerprint density at radius 1 is 1.67 bits per heavy atom. The van der Waals surface area contributed by atoms with Crippen LogP contribution in [0.5, 0.6) is 0 Å². The van der Waals surface area contributed by atoms with Gasteiger partial charge in [-0.2, -0.15) is 0 Å². The van der Waals surface area contributed by atoms with Crippen molar-refractivity contribution in [1.29, 1.82) is 0 Å². The lowest BCUT2D eigenvalue weighted by Crippen LogP contribution is -2.34. The number of nitrogens with zero attached hydrogens (tertiary/aromatic N) is 1. The topological polar surface area (TPSA) is 49.5 Å². The second-order valence-corrected chi connectivity index (χ2v) is 2.38. The van der Waals surface area contributed by atoms with Crippen LogP contribution in [0, 0.1) is 0 Å². The first kappa shape index (κ1) is 8.88. The van der Waals surface area contributed by atoms with Crippen LogP contribution in [0.15, 0.2) is 0 Å². The van der Waals surface area contributed by atoms with Crippen molar-refractivity contribution < 1.29 is 5.11 Å². The van der Waals surface area contributed by atoms with E-state index in [1.54, 1.807) is 7.05 Å². The van der Waals surface area contributed by atoms with E-state index in [2.05, 4.69) is 0 Å². The van der Waals surface area contributed by atoms with Gasteiger partial charge in [-0.25, -0.2) is 5.01 Å². The third kappa shape index (κ3) is 5.76. The van der Waals surface area contributed by atoms with Crippen LogP contribution in [-0.4, -0.2) is 29.8 Å². The van der Waals surface area contributed by atoms with Gasteiger partial charge in [0.05, 0.1) is 6.10 Å². The number of hydrazine groups is 1. The average Bonchev–Trinajstić information content (AvgIpc) is 1.63. The van der Waals surface area contributed by atoms with Crippen molar-refractivity contribution >= 4 is 0 Å². The first-order chi connectivity index (χ1) is 4.16. The minimum Gasteiger partial charge on any atom is -0.392 e. The molecule has 0 bridgehead atoms. The molecule has 0 aliphatic carbocycles. The van der Waals surface area contributed by atoms with Crippen LogP contribution in [0.1, 0.15) is 19.8 Å². The van der Waals surface area contributed by atoms with E-state index < -0.39 is 0 Å². The van der Waals surface area contributed by atoms with Crippen LogP contribution in [0.2, 0.25) is 0 Å². The fraction of sp³-hybridized carbons (Fsp3) is 1.00. The monoisotopic (exact) mass is 132 g/mol. The molecular formula is C6H16N2O. The van der Waals surface area contributed by atoms with Gasteiger partial charge in [0, 0.05) is 13.6 Å². The fourth-order valence-electron chi connectivity index (χ4n) is 0.757. The summed E-state index contributed by atoms with van der Waals surface area (Å²) in [4.78, 5) is 0. The minimum absolute atomic E-state index is 0.259. The summed E-state index contributed by atoms with van der Waals surface area (Å²) in [5.41, 5.74) is 0. The van der Waals surface area contributed by atoms with E-state index >= 15 is 0 Å². The molecule has 0 fully saturated rings. The van der Waals surface area contributed by atoms with Crippen molar-refractivity contribution in [2.24, 2.45) is 5.84 Å². The van der Waals surface area contributed by atoms with Crippen LogP contribution >= 0.6 is 0 Å². The summed E-state index contributed by atoms with van der Waals surface area (Å²) in [6, 6.07) is 0. The SMILES string of the molecule is CCCC(O)CN(C)N. The molecule has 56 valence electrons. The molecule has 0 aliphatic heterocycles. The predicted octanol–water partition coefficient (Wildman–Crippen LogP) is -0.0471. The molecule has 0 aliphatic rings. The third-order valence-electron chi connectivity index (χ3n) is 1.12. The molecule has 0 saturated carbocycles. The van der Waals surface area contributed by atoms with Gasteiger partial charge < -0.3 is 5.11 Å². The standard InChI is InChI=1S/C6H16N2O/c1-3-4-6(9)5-8(2)7/h6,9H,3-5,7H2,1-2H3. The van der Waals surface area contributed by atoms with Crippen molar-refractivity contribution in [3.05, 3.63) is 0 Å². The zero-order valence-corrected chi connectivity index (χ0v) is 6.17. The number of hydrogen-bond acceptors (Lipinski definition) is 3. The highest BCUT2D eigenvalue weighted by molar-refractivity contribution is 4.55. The van der Waals surface area contributed by atoms with Gasteiger partial charge in [-0.1, -0.05) is 13.3 Å². The number of nitrogens with two attached hydrogens (primary N) is 1. The summed E-state index contributed by atoms with van der Waals surface area (Å²) >= 11 is 0. The van der Waals surface area contributed by atoms with Crippen LogP contribution in [-0.2, 0) is 0 Å². The van der Waals surface area contributed by atoms with Gasteiger partial charge >= 0.3 is 0 Å². The second kappa shape index (κ2) is 4.73. The highest BCUT2D eigenvalue weighted by atomic mass is 16.3. The van der Waals surface area contributed by atoms with Gasteiger partial charge in [0.15, 0.2) is 0 Å². The Bertz CT molecular complexity index is 66.1. The van der Waals surface area contributed by atoms with E-state index in [0.717, 1.165) is 12.8 Å². The largest absolute Gasteiger partial charge is 0.392 e. The number of rotatable bonds is 4. The van der Waals surface area contributed by atoms with Gasteiger partial charge in [-0.05, 0) is 6.42 Å². The quantitative estimate of drug-likeness (QED) is 0.416. The number of aliphatic hydroxyl groups is 1. The molecule has 0 amide bonds. The number of likely N-dealkylation sites (N-methyl/N-ethyl adjacent to an activating group) is 1. The van der Waals surface area contributed by atoms with Crippen LogP contribution in [0.4, 0.5) is 0 Å². The van der Waals surface area contributed by atoms with Crippen LogP contribution in [0.3, 0.4) is 0 Å². The van der Waals surface area contributed by atoms with Gasteiger partial charge in [0.25, 0.3) is 0 Å². The Balaban J connectivity index is 3.15. The summed E-state index contributed by atoms with van der Waals surface area (Å²) in [6.07, 6.45) is 1.58. The van der Waals surface area contributed by atoms with Crippen LogP contribution < -0.4 is 5.84 Å². The molecule has 0 saturated heterocycles. The van der Waals surface area contributed by atoms with Gasteiger partial charge in [0.1, 0.15) is 0 Å². The first-order valence-corrected chi connectivity index (χ1v) is 3.30. The molecule has 0 aromatic rings. The molecule has 0 aromatic carbocycles. The van der Waals surface area contributed by atoms with Crippen molar-refractivity contribution in [3.8, 4) is 0 Å². The molecule has 0 radical (unpaired) electrons. The maximum absolute atomic E-state index is 9.10. The summed E-state index contributed by atoms with van der Waals surface area (Å²) in [7, 11) is 1.75. The fourth-order valence-corrected chi connectivity index (χ4v) is 0.757. The maximum atomic E-state index is 9.10. The number of aliphatic hydroxyl groups excluding tert-OH is 1.